The number of likely N-dealkylation sites (N-methyl/N-ethyl adjacent to an activating group) is 1. The molecule has 3 heteroatoms. The van der Waals surface area contributed by atoms with Crippen LogP contribution in [0.5, 0.6) is 0 Å². The molecule has 3 nitrogen and oxygen atoms in total. The van der Waals surface area contributed by atoms with Crippen LogP contribution in [0, 0.1) is 5.92 Å². The molecule has 1 saturated heterocycles. The van der Waals surface area contributed by atoms with Gasteiger partial charge in [0.2, 0.25) is 0 Å². The fraction of sp³-hybridized carbons (Fsp3) is 0.647. The molecule has 1 aliphatic carbocycles. The zero-order valence-electron chi connectivity index (χ0n) is 12.5. The molecule has 1 aromatic rings. The number of rotatable bonds is 4. The van der Waals surface area contributed by atoms with Gasteiger partial charge in [0.05, 0.1) is 25.4 Å². The molecule has 0 radical (unpaired) electrons. The second-order valence-corrected chi connectivity index (χ2v) is 6.13. The van der Waals surface area contributed by atoms with Crippen molar-refractivity contribution in [2.24, 2.45) is 5.92 Å². The first-order chi connectivity index (χ1) is 9.79. The van der Waals surface area contributed by atoms with Gasteiger partial charge in [-0.2, -0.15) is 0 Å². The van der Waals surface area contributed by atoms with E-state index in [1.165, 1.54) is 11.1 Å². The van der Waals surface area contributed by atoms with E-state index < -0.39 is 0 Å². The number of hydrogen-bond acceptors (Lipinski definition) is 3. The monoisotopic (exact) mass is 275 g/mol. The van der Waals surface area contributed by atoms with Gasteiger partial charge in [-0.25, -0.2) is 0 Å². The van der Waals surface area contributed by atoms with E-state index in [9.17, 15) is 0 Å². The first kappa shape index (κ1) is 14.1. The smallest absolute Gasteiger partial charge is 0.0775 e. The van der Waals surface area contributed by atoms with E-state index in [0.717, 1.165) is 32.7 Å². The van der Waals surface area contributed by atoms with Gasteiger partial charge in [-0.05, 0) is 36.9 Å². The van der Waals surface area contributed by atoms with Crippen molar-refractivity contribution in [2.45, 2.75) is 37.8 Å². The molecular formula is C17H25NO2. The summed E-state index contributed by atoms with van der Waals surface area (Å²) in [5.74, 6) is 1.15. The Morgan fingerprint density at radius 1 is 1.30 bits per heavy atom. The van der Waals surface area contributed by atoms with Crippen LogP contribution in [0.15, 0.2) is 24.3 Å². The molecule has 4 unspecified atom stereocenters. The summed E-state index contributed by atoms with van der Waals surface area (Å²) in [6, 6.07) is 9.07. The normalized spacial score (nSPS) is 33.1. The predicted molar refractivity (Wildman–Crippen MR) is 79.9 cm³/mol. The molecular weight excluding hydrogens is 250 g/mol. The standard InChI is InChI=1S/C17H25NO2/c1-12-9-16(20-11-13-7-8-19-10-13)17(18-2)15-6-4-3-5-14(12)15/h3-6,12-13,16-18H,7-11H2,1-2H3. The topological polar surface area (TPSA) is 30.5 Å². The number of ether oxygens (including phenoxy) is 2. The van der Waals surface area contributed by atoms with Crippen molar-refractivity contribution in [3.05, 3.63) is 35.4 Å². The summed E-state index contributed by atoms with van der Waals surface area (Å²) < 4.78 is 11.7. The summed E-state index contributed by atoms with van der Waals surface area (Å²) in [5.41, 5.74) is 2.87. The van der Waals surface area contributed by atoms with Gasteiger partial charge in [0, 0.05) is 12.5 Å². The summed E-state index contributed by atoms with van der Waals surface area (Å²) in [5, 5.41) is 3.45. The summed E-state index contributed by atoms with van der Waals surface area (Å²) >= 11 is 0. The second-order valence-electron chi connectivity index (χ2n) is 6.13. The maximum atomic E-state index is 6.26. The fourth-order valence-corrected chi connectivity index (χ4v) is 3.53. The molecule has 2 aliphatic rings. The number of nitrogens with one attached hydrogen (secondary N) is 1. The van der Waals surface area contributed by atoms with Crippen LogP contribution >= 0.6 is 0 Å². The molecule has 20 heavy (non-hydrogen) atoms. The van der Waals surface area contributed by atoms with Crippen LogP contribution in [0.25, 0.3) is 0 Å². The van der Waals surface area contributed by atoms with E-state index in [-0.39, 0.29) is 6.10 Å². The molecule has 1 heterocycles. The van der Waals surface area contributed by atoms with Crippen LogP contribution in [0.3, 0.4) is 0 Å². The third-order valence-corrected chi connectivity index (χ3v) is 4.70. The first-order valence-corrected chi connectivity index (χ1v) is 7.75. The Bertz CT molecular complexity index is 442. The van der Waals surface area contributed by atoms with Gasteiger partial charge >= 0.3 is 0 Å². The zero-order valence-corrected chi connectivity index (χ0v) is 12.5. The van der Waals surface area contributed by atoms with E-state index >= 15 is 0 Å². The minimum atomic E-state index is 0.269. The van der Waals surface area contributed by atoms with E-state index in [4.69, 9.17) is 9.47 Å². The molecule has 3 rings (SSSR count). The van der Waals surface area contributed by atoms with E-state index in [1.54, 1.807) is 0 Å². The van der Waals surface area contributed by atoms with Crippen LogP contribution in [0.4, 0.5) is 0 Å². The van der Waals surface area contributed by atoms with Crippen LogP contribution in [0.2, 0.25) is 0 Å². The van der Waals surface area contributed by atoms with Gasteiger partial charge in [0.1, 0.15) is 0 Å². The third kappa shape index (κ3) is 2.76. The molecule has 0 bridgehead atoms. The Balaban J connectivity index is 1.71. The lowest BCUT2D eigenvalue weighted by atomic mass is 9.79. The Labute approximate surface area is 121 Å². The lowest BCUT2D eigenvalue weighted by Crippen LogP contribution is -2.38. The third-order valence-electron chi connectivity index (χ3n) is 4.70. The highest BCUT2D eigenvalue weighted by molar-refractivity contribution is 5.36. The molecule has 110 valence electrons. The lowest BCUT2D eigenvalue weighted by Gasteiger charge is -2.37. The van der Waals surface area contributed by atoms with Crippen LogP contribution in [0.1, 0.15) is 42.9 Å². The van der Waals surface area contributed by atoms with Gasteiger partial charge in [0.25, 0.3) is 0 Å². The average Bonchev–Trinajstić information content (AvgIpc) is 2.99. The molecule has 0 spiro atoms. The van der Waals surface area contributed by atoms with Gasteiger partial charge in [-0.15, -0.1) is 0 Å². The van der Waals surface area contributed by atoms with Crippen molar-refractivity contribution < 1.29 is 9.47 Å². The Hall–Kier alpha value is -0.900. The SMILES string of the molecule is CNC1c2ccccc2C(C)CC1OCC1CCOC1. The number of benzene rings is 1. The van der Waals surface area contributed by atoms with Crippen LogP contribution in [-0.4, -0.2) is 33.0 Å². The first-order valence-electron chi connectivity index (χ1n) is 7.75. The molecule has 1 N–H and O–H groups in total. The Kier molecular flexibility index (Phi) is 4.39. The van der Waals surface area contributed by atoms with Crippen LogP contribution < -0.4 is 5.32 Å². The largest absolute Gasteiger partial charge is 0.381 e. The summed E-state index contributed by atoms with van der Waals surface area (Å²) in [4.78, 5) is 0. The highest BCUT2D eigenvalue weighted by atomic mass is 16.5. The van der Waals surface area contributed by atoms with Crippen molar-refractivity contribution >= 4 is 0 Å². The quantitative estimate of drug-likeness (QED) is 0.916. The van der Waals surface area contributed by atoms with E-state index in [1.807, 2.05) is 7.05 Å². The zero-order chi connectivity index (χ0) is 13.9. The molecule has 0 amide bonds. The minimum Gasteiger partial charge on any atom is -0.381 e. The minimum absolute atomic E-state index is 0.269. The van der Waals surface area contributed by atoms with Crippen molar-refractivity contribution in [2.75, 3.05) is 26.9 Å². The van der Waals surface area contributed by atoms with E-state index in [2.05, 4.69) is 36.5 Å². The molecule has 1 aliphatic heterocycles. The second kappa shape index (κ2) is 6.25. The highest BCUT2D eigenvalue weighted by Gasteiger charge is 2.33. The van der Waals surface area contributed by atoms with Crippen molar-refractivity contribution in [3.63, 3.8) is 0 Å². The Morgan fingerprint density at radius 3 is 2.80 bits per heavy atom. The van der Waals surface area contributed by atoms with Crippen molar-refractivity contribution in [1.29, 1.82) is 0 Å². The number of fused-ring (bicyclic) bond motifs is 1. The van der Waals surface area contributed by atoms with Crippen molar-refractivity contribution in [1.82, 2.24) is 5.32 Å². The van der Waals surface area contributed by atoms with Gasteiger partial charge in [-0.1, -0.05) is 31.2 Å². The summed E-state index contributed by atoms with van der Waals surface area (Å²) in [6.07, 6.45) is 2.50. The maximum Gasteiger partial charge on any atom is 0.0775 e. The van der Waals surface area contributed by atoms with Gasteiger partial charge < -0.3 is 14.8 Å². The summed E-state index contributed by atoms with van der Waals surface area (Å²) in [7, 11) is 2.03. The molecule has 1 aromatic carbocycles. The maximum absolute atomic E-state index is 6.26. The molecule has 0 aromatic heterocycles. The van der Waals surface area contributed by atoms with Gasteiger partial charge in [-0.3, -0.25) is 0 Å². The molecule has 4 atom stereocenters. The molecule has 1 fully saturated rings. The summed E-state index contributed by atoms with van der Waals surface area (Å²) in [6.45, 7) is 4.90. The lowest BCUT2D eigenvalue weighted by molar-refractivity contribution is -0.00753. The van der Waals surface area contributed by atoms with Crippen LogP contribution in [-0.2, 0) is 9.47 Å². The van der Waals surface area contributed by atoms with E-state index in [0.29, 0.717) is 17.9 Å². The van der Waals surface area contributed by atoms with Gasteiger partial charge in [0.15, 0.2) is 0 Å². The Morgan fingerprint density at radius 2 is 2.10 bits per heavy atom. The average molecular weight is 275 g/mol. The number of hydrogen-bond donors (Lipinski definition) is 1. The van der Waals surface area contributed by atoms with Crippen molar-refractivity contribution in [3.8, 4) is 0 Å². The highest BCUT2D eigenvalue weighted by Crippen LogP contribution is 2.38. The predicted octanol–water partition coefficient (Wildman–Crippen LogP) is 2.88. The molecule has 0 saturated carbocycles. The fourth-order valence-electron chi connectivity index (χ4n) is 3.53.